The first-order valence-electron chi connectivity index (χ1n) is 22.9. The highest BCUT2D eigenvalue weighted by molar-refractivity contribution is 7.16. The fourth-order valence-corrected chi connectivity index (χ4v) is 10.9. The van der Waals surface area contributed by atoms with Crippen LogP contribution in [-0.4, -0.2) is 11.1 Å². The summed E-state index contributed by atoms with van der Waals surface area (Å²) < 4.78 is 0. The van der Waals surface area contributed by atoms with E-state index in [1.807, 2.05) is 12.1 Å². The molecule has 69 heavy (non-hydrogen) atoms. The van der Waals surface area contributed by atoms with Crippen molar-refractivity contribution < 1.29 is 9.90 Å². The maximum Gasteiger partial charge on any atom is 0.346 e. The molecule has 1 heterocycles. The van der Waals surface area contributed by atoms with Crippen LogP contribution in [0.5, 0.6) is 0 Å². The number of anilines is 3. The SMILES string of the molecule is N#C/C(=C\c1ccc(-c2ccc(N(c3ccc(C(c4ccccc4)(c4ccccc4)c4ccccc4)cc3)c3ccc(C(c4ccccc4)(c4ccccc4)c4ccccc4)cc3)cc2)s1)C(=O)O. The number of thiophene rings is 1. The van der Waals surface area contributed by atoms with Gasteiger partial charge in [-0.2, -0.15) is 5.26 Å². The number of nitrogens with zero attached hydrogens (tertiary/aromatic N) is 2. The largest absolute Gasteiger partial charge is 0.477 e. The summed E-state index contributed by atoms with van der Waals surface area (Å²) in [6.07, 6.45) is 1.42. The number of rotatable bonds is 14. The van der Waals surface area contributed by atoms with Gasteiger partial charge >= 0.3 is 5.97 Å². The van der Waals surface area contributed by atoms with E-state index in [2.05, 4.69) is 260 Å². The lowest BCUT2D eigenvalue weighted by atomic mass is 9.65. The molecule has 0 spiro atoms. The van der Waals surface area contributed by atoms with Crippen molar-refractivity contribution in [3.63, 3.8) is 0 Å². The van der Waals surface area contributed by atoms with Crippen LogP contribution in [-0.2, 0) is 15.6 Å². The molecule has 0 fully saturated rings. The number of hydrogen-bond acceptors (Lipinski definition) is 4. The molecule has 4 nitrogen and oxygen atoms in total. The lowest BCUT2D eigenvalue weighted by Gasteiger charge is -2.37. The van der Waals surface area contributed by atoms with Gasteiger partial charge in [-0.05, 0) is 105 Å². The first-order chi connectivity index (χ1) is 34.0. The van der Waals surface area contributed by atoms with Crippen LogP contribution in [0.4, 0.5) is 17.1 Å². The van der Waals surface area contributed by atoms with Gasteiger partial charge < -0.3 is 10.0 Å². The van der Waals surface area contributed by atoms with Crippen molar-refractivity contribution in [3.05, 3.63) is 322 Å². The molecular weight excluding hydrogens is 861 g/mol. The fraction of sp³-hybridized carbons (Fsp3) is 0.0312. The number of carboxylic acids is 1. The van der Waals surface area contributed by atoms with Crippen molar-refractivity contribution in [2.45, 2.75) is 10.8 Å². The Balaban J connectivity index is 1.13. The van der Waals surface area contributed by atoms with Crippen molar-refractivity contribution in [2.75, 3.05) is 4.90 Å². The zero-order valence-corrected chi connectivity index (χ0v) is 38.5. The molecule has 330 valence electrons. The van der Waals surface area contributed by atoms with Crippen LogP contribution in [0.1, 0.15) is 49.4 Å². The Morgan fingerprint density at radius 2 is 0.696 bits per heavy atom. The predicted molar refractivity (Wildman–Crippen MR) is 282 cm³/mol. The van der Waals surface area contributed by atoms with Crippen LogP contribution in [0, 0.1) is 11.3 Å². The van der Waals surface area contributed by atoms with Gasteiger partial charge in [0.1, 0.15) is 11.6 Å². The second-order valence-corrected chi connectivity index (χ2v) is 18.0. The summed E-state index contributed by atoms with van der Waals surface area (Å²) in [7, 11) is 0. The van der Waals surface area contributed by atoms with Crippen molar-refractivity contribution in [1.82, 2.24) is 0 Å². The molecule has 0 aliphatic carbocycles. The smallest absolute Gasteiger partial charge is 0.346 e. The Morgan fingerprint density at radius 3 is 0.986 bits per heavy atom. The van der Waals surface area contributed by atoms with E-state index in [-0.39, 0.29) is 5.57 Å². The molecule has 9 aromatic carbocycles. The molecule has 0 saturated carbocycles. The van der Waals surface area contributed by atoms with Crippen LogP contribution in [0.2, 0.25) is 0 Å². The van der Waals surface area contributed by atoms with Gasteiger partial charge in [-0.15, -0.1) is 11.3 Å². The number of benzene rings is 9. The van der Waals surface area contributed by atoms with Crippen molar-refractivity contribution in [2.24, 2.45) is 0 Å². The summed E-state index contributed by atoms with van der Waals surface area (Å²) in [5.41, 5.74) is 11.8. The Kier molecular flexibility index (Phi) is 12.5. The van der Waals surface area contributed by atoms with Gasteiger partial charge in [-0.3, -0.25) is 0 Å². The minimum Gasteiger partial charge on any atom is -0.477 e. The van der Waals surface area contributed by atoms with Crippen molar-refractivity contribution >= 4 is 40.4 Å². The summed E-state index contributed by atoms with van der Waals surface area (Å²) in [6.45, 7) is 0. The first kappa shape index (κ1) is 44.0. The Morgan fingerprint density at radius 1 is 0.406 bits per heavy atom. The molecular formula is C64H46N2O2S. The van der Waals surface area contributed by atoms with Gasteiger partial charge in [-0.1, -0.05) is 218 Å². The zero-order chi connectivity index (χ0) is 47.0. The maximum atomic E-state index is 11.6. The molecule has 10 aromatic rings. The molecule has 0 atom stereocenters. The minimum absolute atomic E-state index is 0.298. The first-order valence-corrected chi connectivity index (χ1v) is 23.7. The van der Waals surface area contributed by atoms with Gasteiger partial charge in [-0.25, -0.2) is 4.79 Å². The summed E-state index contributed by atoms with van der Waals surface area (Å²) in [5, 5.41) is 18.8. The third-order valence-corrected chi connectivity index (χ3v) is 14.1. The minimum atomic E-state index is -1.24. The topological polar surface area (TPSA) is 64.3 Å². The van der Waals surface area contributed by atoms with Crippen LogP contribution in [0.15, 0.2) is 272 Å². The average Bonchev–Trinajstić information content (AvgIpc) is 3.90. The van der Waals surface area contributed by atoms with E-state index in [1.165, 1.54) is 50.8 Å². The molecule has 0 aliphatic rings. The molecule has 1 aromatic heterocycles. The lowest BCUT2D eigenvalue weighted by Crippen LogP contribution is -2.31. The van der Waals surface area contributed by atoms with Gasteiger partial charge in [0, 0.05) is 26.8 Å². The molecule has 0 saturated heterocycles. The normalized spacial score (nSPS) is 11.7. The Hall–Kier alpha value is -8.82. The van der Waals surface area contributed by atoms with Gasteiger partial charge in [0.2, 0.25) is 0 Å². The van der Waals surface area contributed by atoms with E-state index in [0.717, 1.165) is 38.6 Å². The number of aliphatic carboxylic acids is 1. The van der Waals surface area contributed by atoms with Gasteiger partial charge in [0.15, 0.2) is 0 Å². The van der Waals surface area contributed by atoms with Crippen LogP contribution in [0.25, 0.3) is 16.5 Å². The molecule has 0 unspecified atom stereocenters. The van der Waals surface area contributed by atoms with E-state index in [1.54, 1.807) is 6.07 Å². The molecule has 0 radical (unpaired) electrons. The third kappa shape index (κ3) is 8.36. The predicted octanol–water partition coefficient (Wildman–Crippen LogP) is 15.6. The molecule has 5 heteroatoms. The van der Waals surface area contributed by atoms with Crippen molar-refractivity contribution in [3.8, 4) is 16.5 Å². The van der Waals surface area contributed by atoms with Crippen LogP contribution >= 0.6 is 11.3 Å². The third-order valence-electron chi connectivity index (χ3n) is 13.0. The maximum absolute atomic E-state index is 11.6. The van der Waals surface area contributed by atoms with Crippen LogP contribution in [0.3, 0.4) is 0 Å². The zero-order valence-electron chi connectivity index (χ0n) is 37.6. The van der Waals surface area contributed by atoms with Gasteiger partial charge in [0.05, 0.1) is 10.8 Å². The number of carbonyl (C=O) groups is 1. The second-order valence-electron chi connectivity index (χ2n) is 16.8. The van der Waals surface area contributed by atoms with Crippen molar-refractivity contribution in [1.29, 1.82) is 5.26 Å². The van der Waals surface area contributed by atoms with E-state index >= 15 is 0 Å². The summed E-state index contributed by atoms with van der Waals surface area (Å²) in [4.78, 5) is 15.5. The molecule has 0 bridgehead atoms. The van der Waals surface area contributed by atoms with Crippen LogP contribution < -0.4 is 4.90 Å². The molecule has 0 aliphatic heterocycles. The Bertz CT molecular complexity index is 3000. The number of carboxylic acid groups (broad SMARTS) is 1. The monoisotopic (exact) mass is 906 g/mol. The Labute approximate surface area is 407 Å². The summed E-state index contributed by atoms with van der Waals surface area (Å²) in [6, 6.07) is 96.7. The van der Waals surface area contributed by atoms with E-state index in [4.69, 9.17) is 0 Å². The highest BCUT2D eigenvalue weighted by atomic mass is 32.1. The molecule has 0 amide bonds. The second kappa shape index (κ2) is 19.6. The quantitative estimate of drug-likeness (QED) is 0.0671. The fourth-order valence-electron chi connectivity index (χ4n) is 9.94. The van der Waals surface area contributed by atoms with E-state index < -0.39 is 16.8 Å². The van der Waals surface area contributed by atoms with E-state index in [0.29, 0.717) is 4.88 Å². The van der Waals surface area contributed by atoms with Gasteiger partial charge in [0.25, 0.3) is 0 Å². The summed E-state index contributed by atoms with van der Waals surface area (Å²) in [5.74, 6) is -1.24. The van der Waals surface area contributed by atoms with E-state index in [9.17, 15) is 15.2 Å². The molecule has 1 N–H and O–H groups in total. The summed E-state index contributed by atoms with van der Waals surface area (Å²) >= 11 is 1.45. The molecule has 10 rings (SSSR count). The number of hydrogen-bond donors (Lipinski definition) is 1. The standard InChI is InChI=1S/C64H46N2O2S/c65-46-48(62(67)68)45-60-43-44-61(69-60)47-31-37-57(38-32-47)66(58-39-33-55(34-40-58)63(49-19-7-1-8-20-49,50-21-9-2-10-22-50)51-23-11-3-12-24-51)59-41-35-56(36-42-59)64(52-25-13-4-14-26-52,53-27-15-5-16-28-53)54-29-17-6-18-30-54/h1-45H,(H,67,68)/b48-45+. The average molecular weight is 907 g/mol. The number of nitriles is 1. The highest BCUT2D eigenvalue weighted by Crippen LogP contribution is 2.48. The highest BCUT2D eigenvalue weighted by Gasteiger charge is 2.40. The lowest BCUT2D eigenvalue weighted by molar-refractivity contribution is -0.132.